The summed E-state index contributed by atoms with van der Waals surface area (Å²) in [6, 6.07) is 2.59. The molecule has 12 heteroatoms. The second-order valence-corrected chi connectivity index (χ2v) is 9.28. The highest BCUT2D eigenvalue weighted by atomic mass is 35.5. The van der Waals surface area contributed by atoms with Crippen molar-refractivity contribution in [3.05, 3.63) is 41.1 Å². The highest BCUT2D eigenvalue weighted by Gasteiger charge is 2.28. The molecule has 3 rings (SSSR count). The van der Waals surface area contributed by atoms with Crippen molar-refractivity contribution in [2.45, 2.75) is 12.8 Å². The fourth-order valence-electron chi connectivity index (χ4n) is 2.47. The van der Waals surface area contributed by atoms with E-state index in [2.05, 4.69) is 10.3 Å². The van der Waals surface area contributed by atoms with Crippen molar-refractivity contribution in [2.24, 2.45) is 5.92 Å². The first kappa shape index (κ1) is 22.2. The van der Waals surface area contributed by atoms with Crippen LogP contribution in [0.25, 0.3) is 0 Å². The lowest BCUT2D eigenvalue weighted by molar-refractivity contribution is -0.106. The summed E-state index contributed by atoms with van der Waals surface area (Å²) in [4.78, 5) is 15.3. The van der Waals surface area contributed by atoms with E-state index in [1.807, 2.05) is 0 Å². The third-order valence-corrected chi connectivity index (χ3v) is 6.33. The summed E-state index contributed by atoms with van der Waals surface area (Å²) in [5.74, 6) is -1.67. The summed E-state index contributed by atoms with van der Waals surface area (Å²) < 4.78 is 59.4. The van der Waals surface area contributed by atoms with Crippen LogP contribution in [0.3, 0.4) is 0 Å². The predicted octanol–water partition coefficient (Wildman–Crippen LogP) is 3.40. The lowest BCUT2D eigenvalue weighted by atomic mass is 10.2. The van der Waals surface area contributed by atoms with Gasteiger partial charge in [0.15, 0.2) is 17.4 Å². The number of pyridine rings is 1. The van der Waals surface area contributed by atoms with Gasteiger partial charge in [0, 0.05) is 38.8 Å². The number of carbonyl (C=O) groups excluding carboxylic acids is 1. The maximum absolute atomic E-state index is 14.5. The van der Waals surface area contributed by atoms with E-state index < -0.39 is 33.3 Å². The zero-order valence-corrected chi connectivity index (χ0v) is 17.7. The van der Waals surface area contributed by atoms with E-state index in [1.165, 1.54) is 12.3 Å². The largest absolute Gasteiger partial charge is 0.452 e. The molecule has 1 heterocycles. The van der Waals surface area contributed by atoms with Gasteiger partial charge in [-0.3, -0.25) is 4.79 Å². The van der Waals surface area contributed by atoms with E-state index in [1.54, 1.807) is 0 Å². The van der Waals surface area contributed by atoms with Gasteiger partial charge in [-0.05, 0) is 18.8 Å². The van der Waals surface area contributed by atoms with Crippen molar-refractivity contribution in [1.82, 2.24) is 9.29 Å². The van der Waals surface area contributed by atoms with Crippen LogP contribution in [0, 0.1) is 17.6 Å². The monoisotopic (exact) mass is 460 g/mol. The van der Waals surface area contributed by atoms with Gasteiger partial charge in [0.1, 0.15) is 11.6 Å². The predicted molar refractivity (Wildman–Crippen MR) is 108 cm³/mol. The number of benzene rings is 1. The molecule has 0 radical (unpaired) electrons. The molecule has 1 amide bonds. The van der Waals surface area contributed by atoms with Crippen molar-refractivity contribution in [3.63, 3.8) is 0 Å². The number of halogens is 3. The van der Waals surface area contributed by atoms with Crippen LogP contribution < -0.4 is 14.4 Å². The van der Waals surface area contributed by atoms with E-state index in [0.717, 1.165) is 33.5 Å². The minimum absolute atomic E-state index is 0.0520. The number of nitrogens with zero attached hydrogens (tertiary/aromatic N) is 3. The average molecular weight is 461 g/mol. The fraction of sp³-hybridized carbons (Fsp3) is 0.333. The van der Waals surface area contributed by atoms with Crippen molar-refractivity contribution in [3.8, 4) is 11.5 Å². The van der Waals surface area contributed by atoms with Gasteiger partial charge in [0.05, 0.1) is 16.9 Å². The molecule has 2 aromatic rings. The van der Waals surface area contributed by atoms with Crippen LogP contribution in [0.1, 0.15) is 12.8 Å². The number of rotatable bonds is 9. The quantitative estimate of drug-likeness (QED) is 0.577. The molecule has 162 valence electrons. The molecule has 0 saturated heterocycles. The number of anilines is 2. The minimum Gasteiger partial charge on any atom is -0.452 e. The number of hydrogen-bond acceptors (Lipinski definition) is 6. The highest BCUT2D eigenvalue weighted by molar-refractivity contribution is 7.91. The van der Waals surface area contributed by atoms with Gasteiger partial charge in [0.2, 0.25) is 6.41 Å². The number of aromatic nitrogens is 1. The van der Waals surface area contributed by atoms with Gasteiger partial charge < -0.3 is 10.1 Å². The van der Waals surface area contributed by atoms with Crippen molar-refractivity contribution >= 4 is 39.7 Å². The maximum atomic E-state index is 14.5. The Labute approximate surface area is 177 Å². The Hall–Kier alpha value is -2.50. The molecule has 1 N–H and O–H groups in total. The number of hydrogen-bond donors (Lipinski definition) is 1. The molecule has 1 aliphatic carbocycles. The fourth-order valence-corrected chi connectivity index (χ4v) is 3.55. The first-order valence-corrected chi connectivity index (χ1v) is 10.6. The molecule has 1 fully saturated rings. The number of amides is 1. The first-order chi connectivity index (χ1) is 14.1. The standard InChI is InChI=1S/C18H19ClF2N4O4S/c1-24(2)30(27,28)25(10-26)16-6-15(21)17(7-14(16)20)29-12-5-13(19)18(23-9-12)22-8-11-3-4-11/h5-7,9-11H,3-4,8H2,1-2H3,(H,22,23). The van der Waals surface area contributed by atoms with Crippen LogP contribution in [-0.2, 0) is 15.0 Å². The van der Waals surface area contributed by atoms with Crippen LogP contribution in [-0.4, -0.2) is 44.8 Å². The summed E-state index contributed by atoms with van der Waals surface area (Å²) in [5, 5.41) is 3.35. The van der Waals surface area contributed by atoms with E-state index in [4.69, 9.17) is 16.3 Å². The van der Waals surface area contributed by atoms with Crippen LogP contribution in [0.5, 0.6) is 11.5 Å². The Morgan fingerprint density at radius 3 is 2.53 bits per heavy atom. The molecular formula is C18H19ClF2N4O4S. The normalized spacial score (nSPS) is 13.9. The van der Waals surface area contributed by atoms with Gasteiger partial charge in [-0.1, -0.05) is 11.6 Å². The molecule has 0 spiro atoms. The Morgan fingerprint density at radius 1 is 1.27 bits per heavy atom. The lowest BCUT2D eigenvalue weighted by Gasteiger charge is -2.22. The number of carbonyl (C=O) groups is 1. The summed E-state index contributed by atoms with van der Waals surface area (Å²) in [5.41, 5.74) is -0.778. The third kappa shape index (κ3) is 4.79. The molecule has 0 aliphatic heterocycles. The summed E-state index contributed by atoms with van der Waals surface area (Å²) in [6.07, 6.45) is 3.49. The molecular weight excluding hydrogens is 442 g/mol. The zero-order chi connectivity index (χ0) is 22.1. The first-order valence-electron chi connectivity index (χ1n) is 8.87. The van der Waals surface area contributed by atoms with Crippen molar-refractivity contribution in [1.29, 1.82) is 0 Å². The molecule has 0 unspecified atom stereocenters. The van der Waals surface area contributed by atoms with E-state index in [0.29, 0.717) is 28.2 Å². The average Bonchev–Trinajstić information content (AvgIpc) is 3.49. The molecule has 1 aliphatic rings. The van der Waals surface area contributed by atoms with Gasteiger partial charge in [0.25, 0.3) is 0 Å². The van der Waals surface area contributed by atoms with Crippen LogP contribution in [0.2, 0.25) is 5.02 Å². The molecule has 1 aromatic heterocycles. The minimum atomic E-state index is -4.35. The summed E-state index contributed by atoms with van der Waals surface area (Å²) in [7, 11) is -2.05. The Kier molecular flexibility index (Phi) is 6.44. The zero-order valence-electron chi connectivity index (χ0n) is 16.1. The Morgan fingerprint density at radius 2 is 1.97 bits per heavy atom. The van der Waals surface area contributed by atoms with E-state index in [9.17, 15) is 22.0 Å². The molecule has 8 nitrogen and oxygen atoms in total. The third-order valence-electron chi connectivity index (χ3n) is 4.34. The van der Waals surface area contributed by atoms with E-state index in [-0.39, 0.29) is 21.5 Å². The number of ether oxygens (including phenoxy) is 1. The smallest absolute Gasteiger partial charge is 0.310 e. The maximum Gasteiger partial charge on any atom is 0.310 e. The molecule has 1 saturated carbocycles. The summed E-state index contributed by atoms with van der Waals surface area (Å²) >= 11 is 6.15. The van der Waals surface area contributed by atoms with Crippen LogP contribution >= 0.6 is 11.6 Å². The van der Waals surface area contributed by atoms with E-state index >= 15 is 0 Å². The topological polar surface area (TPSA) is 91.8 Å². The highest BCUT2D eigenvalue weighted by Crippen LogP contribution is 2.34. The Bertz CT molecular complexity index is 1060. The van der Waals surface area contributed by atoms with Gasteiger partial charge in [-0.25, -0.2) is 13.8 Å². The Balaban J connectivity index is 1.83. The van der Waals surface area contributed by atoms with Crippen LogP contribution in [0.15, 0.2) is 24.4 Å². The second-order valence-electron chi connectivity index (χ2n) is 6.85. The van der Waals surface area contributed by atoms with Crippen LogP contribution in [0.4, 0.5) is 20.3 Å². The molecule has 30 heavy (non-hydrogen) atoms. The molecule has 0 bridgehead atoms. The van der Waals surface area contributed by atoms with Gasteiger partial charge in [-0.2, -0.15) is 17.0 Å². The molecule has 0 atom stereocenters. The second kappa shape index (κ2) is 8.70. The lowest BCUT2D eigenvalue weighted by Crippen LogP contribution is -2.39. The van der Waals surface area contributed by atoms with Crippen molar-refractivity contribution in [2.75, 3.05) is 30.3 Å². The number of nitrogens with one attached hydrogen (secondary N) is 1. The van der Waals surface area contributed by atoms with Crippen molar-refractivity contribution < 1.29 is 26.7 Å². The van der Waals surface area contributed by atoms with Gasteiger partial charge >= 0.3 is 10.2 Å². The summed E-state index contributed by atoms with van der Waals surface area (Å²) in [6.45, 7) is 0.747. The molecule has 1 aromatic carbocycles. The SMILES string of the molecule is CN(C)S(=O)(=O)N(C=O)c1cc(F)c(Oc2cnc(NCC3CC3)c(Cl)c2)cc1F. The van der Waals surface area contributed by atoms with Gasteiger partial charge in [-0.15, -0.1) is 0 Å².